The molecule has 0 aromatic heterocycles. The molecule has 1 aromatic rings. The minimum Gasteiger partial charge on any atom is -0.389 e. The number of amides is 1. The molecule has 0 aliphatic carbocycles. The number of ether oxygens (including phenoxy) is 1. The lowest BCUT2D eigenvalue weighted by molar-refractivity contribution is -0.144. The zero-order chi connectivity index (χ0) is 17.1. The van der Waals surface area contributed by atoms with Gasteiger partial charge in [-0.1, -0.05) is 12.1 Å². The molecule has 1 aromatic carbocycles. The van der Waals surface area contributed by atoms with Crippen LogP contribution in [-0.4, -0.2) is 83.6 Å². The molecule has 0 radical (unpaired) electrons. The predicted molar refractivity (Wildman–Crippen MR) is 84.9 cm³/mol. The number of hydrogen-bond acceptors (Lipinski definition) is 5. The number of rotatable bonds is 3. The third-order valence-electron chi connectivity index (χ3n) is 4.77. The number of carbonyl (C=O) groups is 1. The van der Waals surface area contributed by atoms with Crippen molar-refractivity contribution >= 4 is 5.91 Å². The summed E-state index contributed by atoms with van der Waals surface area (Å²) in [5.41, 5.74) is 0.794. The monoisotopic (exact) mass is 338 g/mol. The Hall–Kier alpha value is -1.54. The van der Waals surface area contributed by atoms with Crippen LogP contribution in [0, 0.1) is 5.82 Å². The second-order valence-electron chi connectivity index (χ2n) is 6.38. The highest BCUT2D eigenvalue weighted by molar-refractivity contribution is 5.78. The Bertz CT molecular complexity index is 560. The molecule has 0 bridgehead atoms. The molecule has 6 nitrogen and oxygen atoms in total. The SMILES string of the molecule is O=C(Cc1ccc(F)cc1)N1CCN([C@@H]2COC[C@@H](O)[C@H]2O)CC1. The Morgan fingerprint density at radius 1 is 1.12 bits per heavy atom. The van der Waals surface area contributed by atoms with Crippen LogP contribution in [0.2, 0.25) is 0 Å². The van der Waals surface area contributed by atoms with Crippen molar-refractivity contribution in [3.05, 3.63) is 35.6 Å². The summed E-state index contributed by atoms with van der Waals surface area (Å²) in [6, 6.07) is 5.73. The fraction of sp³-hybridized carbons (Fsp3) is 0.588. The van der Waals surface area contributed by atoms with Gasteiger partial charge in [-0.3, -0.25) is 9.69 Å². The van der Waals surface area contributed by atoms with Gasteiger partial charge in [-0.05, 0) is 17.7 Å². The van der Waals surface area contributed by atoms with Crippen molar-refractivity contribution < 1.29 is 24.1 Å². The fourth-order valence-corrected chi connectivity index (χ4v) is 3.28. The number of halogens is 1. The average molecular weight is 338 g/mol. The fourth-order valence-electron chi connectivity index (χ4n) is 3.28. The Labute approximate surface area is 140 Å². The van der Waals surface area contributed by atoms with Crippen molar-refractivity contribution in [2.24, 2.45) is 0 Å². The van der Waals surface area contributed by atoms with Crippen molar-refractivity contribution in [3.8, 4) is 0 Å². The molecule has 2 aliphatic rings. The average Bonchev–Trinajstić information content (AvgIpc) is 2.59. The summed E-state index contributed by atoms with van der Waals surface area (Å²) in [4.78, 5) is 16.2. The van der Waals surface area contributed by atoms with Crippen molar-refractivity contribution in [2.45, 2.75) is 24.7 Å². The van der Waals surface area contributed by atoms with Gasteiger partial charge < -0.3 is 19.8 Å². The van der Waals surface area contributed by atoms with Crippen LogP contribution in [0.15, 0.2) is 24.3 Å². The summed E-state index contributed by atoms with van der Waals surface area (Å²) in [5, 5.41) is 19.8. The molecule has 132 valence electrons. The minimum absolute atomic E-state index is 0.0155. The maximum absolute atomic E-state index is 12.9. The van der Waals surface area contributed by atoms with Crippen molar-refractivity contribution in [3.63, 3.8) is 0 Å². The van der Waals surface area contributed by atoms with Gasteiger partial charge in [-0.2, -0.15) is 0 Å². The maximum Gasteiger partial charge on any atom is 0.227 e. The number of hydrogen-bond donors (Lipinski definition) is 2. The number of carbonyl (C=O) groups excluding carboxylic acids is 1. The molecule has 2 heterocycles. The zero-order valence-corrected chi connectivity index (χ0v) is 13.5. The lowest BCUT2D eigenvalue weighted by atomic mass is 10.0. The molecule has 0 spiro atoms. The Morgan fingerprint density at radius 2 is 1.79 bits per heavy atom. The molecular formula is C17H23FN2O4. The van der Waals surface area contributed by atoms with Crippen LogP contribution in [0.25, 0.3) is 0 Å². The normalized spacial score (nSPS) is 28.8. The van der Waals surface area contributed by atoms with Crippen molar-refractivity contribution in [1.82, 2.24) is 9.80 Å². The number of nitrogens with zero attached hydrogens (tertiary/aromatic N) is 2. The zero-order valence-electron chi connectivity index (χ0n) is 13.5. The van der Waals surface area contributed by atoms with Gasteiger partial charge in [0.15, 0.2) is 0 Å². The first-order chi connectivity index (χ1) is 11.5. The van der Waals surface area contributed by atoms with Gasteiger partial charge in [0.25, 0.3) is 0 Å². The third-order valence-corrected chi connectivity index (χ3v) is 4.77. The number of benzene rings is 1. The Balaban J connectivity index is 1.51. The summed E-state index contributed by atoms with van der Waals surface area (Å²) in [6.07, 6.45) is -1.42. The molecule has 2 aliphatic heterocycles. The first kappa shape index (κ1) is 17.3. The number of aliphatic hydroxyl groups excluding tert-OH is 2. The van der Waals surface area contributed by atoms with Gasteiger partial charge in [-0.25, -0.2) is 4.39 Å². The van der Waals surface area contributed by atoms with E-state index in [0.717, 1.165) is 5.56 Å². The smallest absolute Gasteiger partial charge is 0.227 e. The van der Waals surface area contributed by atoms with E-state index < -0.39 is 12.2 Å². The molecule has 7 heteroatoms. The number of piperazine rings is 1. The van der Waals surface area contributed by atoms with Gasteiger partial charge in [0.05, 0.1) is 31.8 Å². The van der Waals surface area contributed by atoms with Crippen LogP contribution in [0.5, 0.6) is 0 Å². The molecule has 1 amide bonds. The molecule has 24 heavy (non-hydrogen) atoms. The minimum atomic E-state index is -0.859. The highest BCUT2D eigenvalue weighted by atomic mass is 19.1. The van der Waals surface area contributed by atoms with Crippen LogP contribution in [0.4, 0.5) is 4.39 Å². The van der Waals surface area contributed by atoms with Crippen LogP contribution < -0.4 is 0 Å². The quantitative estimate of drug-likeness (QED) is 0.787. The van der Waals surface area contributed by atoms with E-state index in [1.54, 1.807) is 17.0 Å². The highest BCUT2D eigenvalue weighted by Crippen LogP contribution is 2.17. The van der Waals surface area contributed by atoms with Crippen LogP contribution in [-0.2, 0) is 16.0 Å². The van der Waals surface area contributed by atoms with E-state index in [9.17, 15) is 19.4 Å². The molecule has 2 saturated heterocycles. The van der Waals surface area contributed by atoms with Gasteiger partial charge >= 0.3 is 0 Å². The van der Waals surface area contributed by atoms with Crippen LogP contribution in [0.3, 0.4) is 0 Å². The van der Waals surface area contributed by atoms with Gasteiger partial charge in [0.1, 0.15) is 11.9 Å². The molecule has 2 N–H and O–H groups in total. The van der Waals surface area contributed by atoms with Gasteiger partial charge in [0, 0.05) is 26.2 Å². The molecule has 0 unspecified atom stereocenters. The van der Waals surface area contributed by atoms with Crippen LogP contribution >= 0.6 is 0 Å². The molecule has 3 rings (SSSR count). The lowest BCUT2D eigenvalue weighted by Gasteiger charge is -2.43. The predicted octanol–water partition coefficient (Wildman–Crippen LogP) is -0.367. The Kier molecular flexibility index (Phi) is 5.45. The molecular weight excluding hydrogens is 315 g/mol. The van der Waals surface area contributed by atoms with Gasteiger partial charge in [-0.15, -0.1) is 0 Å². The summed E-state index contributed by atoms with van der Waals surface area (Å²) < 4.78 is 18.2. The standard InChI is InChI=1S/C17H23FN2O4/c18-13-3-1-12(2-4-13)9-16(22)20-7-5-19(6-8-20)14-10-24-11-15(21)17(14)23/h1-4,14-15,17,21,23H,5-11H2/t14-,15-,17+/m1/s1. The lowest BCUT2D eigenvalue weighted by Crippen LogP contribution is -2.60. The summed E-state index contributed by atoms with van der Waals surface area (Å²) in [6.45, 7) is 2.95. The van der Waals surface area contributed by atoms with E-state index >= 15 is 0 Å². The summed E-state index contributed by atoms with van der Waals surface area (Å²) in [5.74, 6) is -0.294. The van der Waals surface area contributed by atoms with Crippen molar-refractivity contribution in [2.75, 3.05) is 39.4 Å². The van der Waals surface area contributed by atoms with E-state index in [1.807, 2.05) is 0 Å². The van der Waals surface area contributed by atoms with E-state index in [1.165, 1.54) is 12.1 Å². The molecule has 0 saturated carbocycles. The van der Waals surface area contributed by atoms with Crippen molar-refractivity contribution in [1.29, 1.82) is 0 Å². The largest absolute Gasteiger partial charge is 0.389 e. The highest BCUT2D eigenvalue weighted by Gasteiger charge is 2.36. The number of aliphatic hydroxyl groups is 2. The maximum atomic E-state index is 12.9. The molecule has 2 fully saturated rings. The van der Waals surface area contributed by atoms with Crippen LogP contribution in [0.1, 0.15) is 5.56 Å². The third kappa shape index (κ3) is 3.92. The second kappa shape index (κ2) is 7.57. The first-order valence-electron chi connectivity index (χ1n) is 8.25. The second-order valence-corrected chi connectivity index (χ2v) is 6.38. The summed E-state index contributed by atoms with van der Waals surface area (Å²) >= 11 is 0. The first-order valence-corrected chi connectivity index (χ1v) is 8.25. The topological polar surface area (TPSA) is 73.2 Å². The van der Waals surface area contributed by atoms with E-state index in [4.69, 9.17) is 4.74 Å². The Morgan fingerprint density at radius 3 is 2.46 bits per heavy atom. The van der Waals surface area contributed by atoms with Gasteiger partial charge in [0.2, 0.25) is 5.91 Å². The van der Waals surface area contributed by atoms with E-state index in [0.29, 0.717) is 32.8 Å². The van der Waals surface area contributed by atoms with E-state index in [2.05, 4.69) is 4.90 Å². The summed E-state index contributed by atoms with van der Waals surface area (Å²) in [7, 11) is 0. The molecule has 3 atom stereocenters. The van der Waals surface area contributed by atoms with E-state index in [-0.39, 0.29) is 30.8 Å².